The zero-order valence-corrected chi connectivity index (χ0v) is 9.50. The van der Waals surface area contributed by atoms with Gasteiger partial charge < -0.3 is 9.88 Å². The van der Waals surface area contributed by atoms with Gasteiger partial charge >= 0.3 is 0 Å². The van der Waals surface area contributed by atoms with Gasteiger partial charge in [0.05, 0.1) is 13.1 Å². The van der Waals surface area contributed by atoms with E-state index in [0.717, 1.165) is 5.92 Å². The summed E-state index contributed by atoms with van der Waals surface area (Å²) in [7, 11) is 4.08. The minimum absolute atomic E-state index is 0.724. The quantitative estimate of drug-likeness (QED) is 0.674. The van der Waals surface area contributed by atoms with Gasteiger partial charge in [-0.25, -0.2) is 0 Å². The normalized spacial score (nSPS) is 26.1. The van der Waals surface area contributed by atoms with Gasteiger partial charge in [-0.1, -0.05) is 18.2 Å². The molecule has 1 aliphatic rings. The molecule has 3 rings (SSSR count). The highest BCUT2D eigenvalue weighted by molar-refractivity contribution is 5.83. The molecule has 84 valence electrons. The van der Waals surface area contributed by atoms with Gasteiger partial charge in [0.1, 0.15) is 0 Å². The largest absolute Gasteiger partial charge is 0.468 e. The molecule has 0 bridgehead atoms. The Labute approximate surface area is 96.3 Å². The minimum Gasteiger partial charge on any atom is -0.468 e. The van der Waals surface area contributed by atoms with Crippen molar-refractivity contribution in [3.63, 3.8) is 0 Å². The van der Waals surface area contributed by atoms with Crippen molar-refractivity contribution in [2.45, 2.75) is 18.8 Å². The lowest BCUT2D eigenvalue weighted by Gasteiger charge is -2.30. The molecule has 2 N–H and O–H groups in total. The first kappa shape index (κ1) is 9.91. The SMILES string of the molecule is [CH2-][NH+]1CCC(c2c[nH]c3ccccc23)CC1. The first-order chi connectivity index (χ1) is 7.84. The van der Waals surface area contributed by atoms with Gasteiger partial charge in [0.25, 0.3) is 0 Å². The maximum absolute atomic E-state index is 4.08. The standard InChI is InChI=1S/C14H18N2/c1-16-8-6-11(7-9-16)13-10-15-14-5-3-2-4-12(13)14/h2-5,10-11,15-16H,1,6-9H2. The second kappa shape index (κ2) is 3.95. The zero-order valence-electron chi connectivity index (χ0n) is 9.50. The molecule has 2 heterocycles. The van der Waals surface area contributed by atoms with E-state index >= 15 is 0 Å². The Bertz CT molecular complexity index is 478. The summed E-state index contributed by atoms with van der Waals surface area (Å²) in [6.45, 7) is 2.40. The number of nitrogens with one attached hydrogen (secondary N) is 2. The third-order valence-electron chi connectivity index (χ3n) is 3.75. The summed E-state index contributed by atoms with van der Waals surface area (Å²) in [5.41, 5.74) is 2.77. The summed E-state index contributed by atoms with van der Waals surface area (Å²) in [6.07, 6.45) is 4.73. The number of likely N-dealkylation sites (tertiary alicyclic amines) is 1. The third kappa shape index (κ3) is 1.63. The second-order valence-corrected chi connectivity index (χ2v) is 4.81. The van der Waals surface area contributed by atoms with E-state index < -0.39 is 0 Å². The first-order valence-corrected chi connectivity index (χ1v) is 6.07. The fraction of sp³-hybridized carbons (Fsp3) is 0.357. The minimum atomic E-state index is 0.724. The molecular formula is C14H18N2. The van der Waals surface area contributed by atoms with E-state index in [4.69, 9.17) is 0 Å². The molecule has 1 fully saturated rings. The van der Waals surface area contributed by atoms with Crippen molar-refractivity contribution < 1.29 is 4.90 Å². The Morgan fingerprint density at radius 2 is 1.94 bits per heavy atom. The van der Waals surface area contributed by atoms with Crippen LogP contribution < -0.4 is 4.90 Å². The molecule has 1 aromatic carbocycles. The van der Waals surface area contributed by atoms with Crippen LogP contribution in [0.4, 0.5) is 0 Å². The van der Waals surface area contributed by atoms with Crippen LogP contribution in [-0.2, 0) is 0 Å². The maximum atomic E-state index is 4.08. The second-order valence-electron chi connectivity index (χ2n) is 4.81. The number of aromatic nitrogens is 1. The molecule has 0 atom stereocenters. The van der Waals surface area contributed by atoms with Crippen molar-refractivity contribution in [1.29, 1.82) is 0 Å². The van der Waals surface area contributed by atoms with E-state index in [1.54, 1.807) is 0 Å². The van der Waals surface area contributed by atoms with Crippen molar-refractivity contribution in [3.8, 4) is 0 Å². The molecule has 0 aliphatic carbocycles. The fourth-order valence-electron chi connectivity index (χ4n) is 2.77. The Balaban J connectivity index is 1.94. The van der Waals surface area contributed by atoms with Crippen LogP contribution in [0.1, 0.15) is 24.3 Å². The lowest BCUT2D eigenvalue weighted by atomic mass is 9.89. The molecule has 0 saturated carbocycles. The van der Waals surface area contributed by atoms with Crippen molar-refractivity contribution in [2.75, 3.05) is 13.1 Å². The highest BCUT2D eigenvalue weighted by atomic mass is 15.1. The van der Waals surface area contributed by atoms with Gasteiger partial charge in [0, 0.05) is 29.9 Å². The highest BCUT2D eigenvalue weighted by Crippen LogP contribution is 2.30. The average molecular weight is 214 g/mol. The van der Waals surface area contributed by atoms with E-state index in [9.17, 15) is 0 Å². The molecule has 1 saturated heterocycles. The average Bonchev–Trinajstić information content (AvgIpc) is 2.74. The highest BCUT2D eigenvalue weighted by Gasteiger charge is 2.21. The predicted molar refractivity (Wildman–Crippen MR) is 66.3 cm³/mol. The molecule has 0 spiro atoms. The maximum Gasteiger partial charge on any atom is 0.0536 e. The molecule has 2 aromatic rings. The molecule has 0 unspecified atom stereocenters. The number of hydrogen-bond donors (Lipinski definition) is 2. The Morgan fingerprint density at radius 1 is 1.19 bits per heavy atom. The van der Waals surface area contributed by atoms with Crippen molar-refractivity contribution in [1.82, 2.24) is 4.98 Å². The number of rotatable bonds is 1. The Kier molecular flexibility index (Phi) is 2.44. The molecule has 0 radical (unpaired) electrons. The molecule has 2 nitrogen and oxygen atoms in total. The fourth-order valence-corrected chi connectivity index (χ4v) is 2.77. The van der Waals surface area contributed by atoms with Crippen LogP contribution in [0.5, 0.6) is 0 Å². The van der Waals surface area contributed by atoms with Crippen molar-refractivity contribution in [2.24, 2.45) is 0 Å². The lowest BCUT2D eigenvalue weighted by molar-refractivity contribution is -0.859. The Hall–Kier alpha value is -1.28. The van der Waals surface area contributed by atoms with Crippen molar-refractivity contribution in [3.05, 3.63) is 43.1 Å². The third-order valence-corrected chi connectivity index (χ3v) is 3.75. The van der Waals surface area contributed by atoms with E-state index in [2.05, 4.69) is 42.5 Å². The molecule has 16 heavy (non-hydrogen) atoms. The Morgan fingerprint density at radius 3 is 2.75 bits per heavy atom. The van der Waals surface area contributed by atoms with E-state index in [0.29, 0.717) is 0 Å². The summed E-state index contributed by atoms with van der Waals surface area (Å²) >= 11 is 0. The first-order valence-electron chi connectivity index (χ1n) is 6.07. The number of para-hydroxylation sites is 1. The van der Waals surface area contributed by atoms with E-state index in [1.807, 2.05) is 0 Å². The molecule has 1 aliphatic heterocycles. The molecule has 2 heteroatoms. The molecule has 0 amide bonds. The topological polar surface area (TPSA) is 20.2 Å². The number of piperidine rings is 1. The van der Waals surface area contributed by atoms with Crippen LogP contribution in [0.2, 0.25) is 0 Å². The van der Waals surface area contributed by atoms with Crippen molar-refractivity contribution >= 4 is 10.9 Å². The summed E-state index contributed by atoms with van der Waals surface area (Å²) in [4.78, 5) is 4.80. The van der Waals surface area contributed by atoms with Crippen LogP contribution in [0.15, 0.2) is 30.5 Å². The van der Waals surface area contributed by atoms with Crippen LogP contribution >= 0.6 is 0 Å². The van der Waals surface area contributed by atoms with E-state index in [-0.39, 0.29) is 0 Å². The van der Waals surface area contributed by atoms with Crippen LogP contribution in [0.3, 0.4) is 0 Å². The smallest absolute Gasteiger partial charge is 0.0536 e. The number of benzene rings is 1. The molecular weight excluding hydrogens is 196 g/mol. The van der Waals surface area contributed by atoms with Gasteiger partial charge in [0.15, 0.2) is 0 Å². The number of fused-ring (bicyclic) bond motifs is 1. The summed E-state index contributed by atoms with van der Waals surface area (Å²) in [5.74, 6) is 0.724. The van der Waals surface area contributed by atoms with Crippen LogP contribution in [-0.4, -0.2) is 18.1 Å². The van der Waals surface area contributed by atoms with Gasteiger partial charge in [0.2, 0.25) is 0 Å². The van der Waals surface area contributed by atoms with Gasteiger partial charge in [-0.2, -0.15) is 7.05 Å². The van der Waals surface area contributed by atoms with Crippen LogP contribution in [0.25, 0.3) is 10.9 Å². The number of quaternary nitrogens is 1. The summed E-state index contributed by atoms with van der Waals surface area (Å²) in [5, 5.41) is 1.40. The number of H-pyrrole nitrogens is 1. The predicted octanol–water partition coefficient (Wildman–Crippen LogP) is 1.72. The summed E-state index contributed by atoms with van der Waals surface area (Å²) in [6, 6.07) is 8.60. The van der Waals surface area contributed by atoms with Gasteiger partial charge in [-0.3, -0.25) is 0 Å². The lowest BCUT2D eigenvalue weighted by Crippen LogP contribution is -3.07. The van der Waals surface area contributed by atoms with Gasteiger partial charge in [-0.05, 0) is 17.5 Å². The zero-order chi connectivity index (χ0) is 11.0. The van der Waals surface area contributed by atoms with Crippen LogP contribution in [0, 0.1) is 7.05 Å². The molecule has 1 aromatic heterocycles. The van der Waals surface area contributed by atoms with E-state index in [1.165, 1.54) is 47.3 Å². The number of hydrogen-bond acceptors (Lipinski definition) is 0. The number of aromatic amines is 1. The monoisotopic (exact) mass is 214 g/mol. The summed E-state index contributed by atoms with van der Waals surface area (Å²) < 4.78 is 0. The van der Waals surface area contributed by atoms with Gasteiger partial charge in [-0.15, -0.1) is 0 Å².